The lowest BCUT2D eigenvalue weighted by atomic mass is 10.3. The topological polar surface area (TPSA) is 70.2 Å². The van der Waals surface area contributed by atoms with Crippen molar-refractivity contribution in [1.82, 2.24) is 15.3 Å². The fourth-order valence-electron chi connectivity index (χ4n) is 1.85. The number of hydrogen-bond donors (Lipinski definition) is 2. The molecule has 0 aromatic carbocycles. The SMILES string of the molecule is CCNc1ncnc(N2CCNC(=O)CC2)c1Br. The Bertz CT molecular complexity index is 439. The molecule has 0 atom stereocenters. The van der Waals surface area contributed by atoms with Crippen LogP contribution in [0.25, 0.3) is 0 Å². The van der Waals surface area contributed by atoms with Gasteiger partial charge in [-0.05, 0) is 22.9 Å². The van der Waals surface area contributed by atoms with Gasteiger partial charge in [-0.25, -0.2) is 9.97 Å². The molecule has 2 N–H and O–H groups in total. The van der Waals surface area contributed by atoms with E-state index >= 15 is 0 Å². The molecule has 0 bridgehead atoms. The number of anilines is 2. The summed E-state index contributed by atoms with van der Waals surface area (Å²) in [7, 11) is 0. The maximum Gasteiger partial charge on any atom is 0.221 e. The van der Waals surface area contributed by atoms with E-state index in [1.165, 1.54) is 6.33 Å². The third-order valence-corrected chi connectivity index (χ3v) is 3.46. The number of amides is 1. The second kappa shape index (κ2) is 5.99. The predicted octanol–water partition coefficient (Wildman–Crippen LogP) is 0.997. The predicted molar refractivity (Wildman–Crippen MR) is 73.7 cm³/mol. The Morgan fingerprint density at radius 3 is 3.11 bits per heavy atom. The number of nitrogens with one attached hydrogen (secondary N) is 2. The number of carbonyl (C=O) groups excluding carboxylic acids is 1. The molecule has 7 heteroatoms. The van der Waals surface area contributed by atoms with Crippen LogP contribution < -0.4 is 15.5 Å². The zero-order chi connectivity index (χ0) is 13.0. The summed E-state index contributed by atoms with van der Waals surface area (Å²) in [4.78, 5) is 21.9. The first-order valence-electron chi connectivity index (χ1n) is 5.98. The van der Waals surface area contributed by atoms with Crippen LogP contribution in [0.2, 0.25) is 0 Å². The highest BCUT2D eigenvalue weighted by molar-refractivity contribution is 9.10. The highest BCUT2D eigenvalue weighted by Crippen LogP contribution is 2.29. The minimum Gasteiger partial charge on any atom is -0.369 e. The van der Waals surface area contributed by atoms with Crippen LogP contribution in [0.15, 0.2) is 10.8 Å². The Morgan fingerprint density at radius 1 is 1.50 bits per heavy atom. The van der Waals surface area contributed by atoms with Gasteiger partial charge in [-0.2, -0.15) is 0 Å². The average Bonchev–Trinajstić information content (AvgIpc) is 2.57. The fraction of sp³-hybridized carbons (Fsp3) is 0.545. The third-order valence-electron chi connectivity index (χ3n) is 2.73. The van der Waals surface area contributed by atoms with Crippen LogP contribution in [0, 0.1) is 0 Å². The molecule has 1 saturated heterocycles. The quantitative estimate of drug-likeness (QED) is 0.871. The molecule has 1 amide bonds. The number of halogens is 1. The standard InChI is InChI=1S/C11H16BrN5O/c1-2-13-10-9(12)11(16-7-15-10)17-5-3-8(18)14-4-6-17/h7H,2-6H2,1H3,(H,14,18)(H,13,15,16). The highest BCUT2D eigenvalue weighted by Gasteiger charge is 2.18. The summed E-state index contributed by atoms with van der Waals surface area (Å²) in [5, 5.41) is 6.02. The van der Waals surface area contributed by atoms with Crippen LogP contribution in [0.5, 0.6) is 0 Å². The first-order valence-corrected chi connectivity index (χ1v) is 6.77. The molecule has 2 heterocycles. The van der Waals surface area contributed by atoms with E-state index < -0.39 is 0 Å². The second-order valence-corrected chi connectivity index (χ2v) is 4.77. The van der Waals surface area contributed by atoms with Crippen LogP contribution in [-0.4, -0.2) is 42.1 Å². The molecule has 2 rings (SSSR count). The monoisotopic (exact) mass is 313 g/mol. The number of carbonyl (C=O) groups is 1. The van der Waals surface area contributed by atoms with Crippen LogP contribution in [0.1, 0.15) is 13.3 Å². The van der Waals surface area contributed by atoms with E-state index in [-0.39, 0.29) is 5.91 Å². The maximum absolute atomic E-state index is 11.3. The van der Waals surface area contributed by atoms with Gasteiger partial charge in [-0.3, -0.25) is 4.79 Å². The second-order valence-electron chi connectivity index (χ2n) is 3.98. The Morgan fingerprint density at radius 2 is 2.33 bits per heavy atom. The van der Waals surface area contributed by atoms with E-state index in [0.717, 1.165) is 29.2 Å². The van der Waals surface area contributed by atoms with Crippen molar-refractivity contribution in [3.63, 3.8) is 0 Å². The molecular weight excluding hydrogens is 298 g/mol. The molecule has 1 aliphatic heterocycles. The first kappa shape index (κ1) is 13.1. The van der Waals surface area contributed by atoms with E-state index in [2.05, 4.69) is 41.4 Å². The molecule has 0 aliphatic carbocycles. The summed E-state index contributed by atoms with van der Waals surface area (Å²) in [6.07, 6.45) is 2.03. The molecule has 0 radical (unpaired) electrons. The lowest BCUT2D eigenvalue weighted by Crippen LogP contribution is -2.29. The number of aromatic nitrogens is 2. The zero-order valence-corrected chi connectivity index (χ0v) is 11.8. The summed E-state index contributed by atoms with van der Waals surface area (Å²) in [5.41, 5.74) is 0. The van der Waals surface area contributed by atoms with Crippen LogP contribution >= 0.6 is 15.9 Å². The van der Waals surface area contributed by atoms with E-state index in [9.17, 15) is 4.79 Å². The van der Waals surface area contributed by atoms with E-state index in [0.29, 0.717) is 19.5 Å². The van der Waals surface area contributed by atoms with Crippen molar-refractivity contribution in [2.24, 2.45) is 0 Å². The maximum atomic E-state index is 11.3. The Labute approximate surface area is 114 Å². The van der Waals surface area contributed by atoms with Gasteiger partial charge in [0.1, 0.15) is 22.4 Å². The molecule has 1 aliphatic rings. The van der Waals surface area contributed by atoms with Crippen LogP contribution in [0.4, 0.5) is 11.6 Å². The zero-order valence-electron chi connectivity index (χ0n) is 10.2. The van der Waals surface area contributed by atoms with Crippen molar-refractivity contribution in [3.8, 4) is 0 Å². The molecule has 1 aromatic rings. The summed E-state index contributed by atoms with van der Waals surface area (Å²) < 4.78 is 0.848. The first-order chi connectivity index (χ1) is 8.72. The van der Waals surface area contributed by atoms with Crippen LogP contribution in [-0.2, 0) is 4.79 Å². The molecule has 1 aromatic heterocycles. The van der Waals surface area contributed by atoms with Gasteiger partial charge in [0.15, 0.2) is 0 Å². The largest absolute Gasteiger partial charge is 0.369 e. The highest BCUT2D eigenvalue weighted by atomic mass is 79.9. The normalized spacial score (nSPS) is 16.1. The summed E-state index contributed by atoms with van der Waals surface area (Å²) >= 11 is 3.52. The van der Waals surface area contributed by atoms with Gasteiger partial charge < -0.3 is 15.5 Å². The summed E-state index contributed by atoms with van der Waals surface area (Å²) in [5.74, 6) is 1.71. The number of rotatable bonds is 3. The van der Waals surface area contributed by atoms with Gasteiger partial charge in [-0.15, -0.1) is 0 Å². The molecule has 6 nitrogen and oxygen atoms in total. The Hall–Kier alpha value is -1.37. The van der Waals surface area contributed by atoms with E-state index in [1.54, 1.807) is 0 Å². The van der Waals surface area contributed by atoms with Gasteiger partial charge in [-0.1, -0.05) is 0 Å². The van der Waals surface area contributed by atoms with Crippen molar-refractivity contribution in [3.05, 3.63) is 10.8 Å². The molecular formula is C11H16BrN5O. The summed E-state index contributed by atoms with van der Waals surface area (Å²) in [6, 6.07) is 0. The van der Waals surface area contributed by atoms with Crippen LogP contribution in [0.3, 0.4) is 0 Å². The van der Waals surface area contributed by atoms with Crippen molar-refractivity contribution >= 4 is 33.5 Å². The Balaban J connectivity index is 2.21. The fourth-order valence-corrected chi connectivity index (χ4v) is 2.45. The molecule has 98 valence electrons. The van der Waals surface area contributed by atoms with Crippen molar-refractivity contribution in [2.45, 2.75) is 13.3 Å². The van der Waals surface area contributed by atoms with Gasteiger partial charge in [0.2, 0.25) is 5.91 Å². The minimum atomic E-state index is 0.0922. The lowest BCUT2D eigenvalue weighted by Gasteiger charge is -2.22. The number of nitrogens with zero attached hydrogens (tertiary/aromatic N) is 3. The van der Waals surface area contributed by atoms with Gasteiger partial charge in [0, 0.05) is 32.6 Å². The lowest BCUT2D eigenvalue weighted by molar-refractivity contribution is -0.120. The van der Waals surface area contributed by atoms with Gasteiger partial charge in [0.05, 0.1) is 0 Å². The average molecular weight is 314 g/mol. The van der Waals surface area contributed by atoms with E-state index in [4.69, 9.17) is 0 Å². The van der Waals surface area contributed by atoms with Crippen molar-refractivity contribution < 1.29 is 4.79 Å². The molecule has 18 heavy (non-hydrogen) atoms. The molecule has 0 saturated carbocycles. The Kier molecular flexibility index (Phi) is 4.35. The number of hydrogen-bond acceptors (Lipinski definition) is 5. The van der Waals surface area contributed by atoms with Crippen molar-refractivity contribution in [2.75, 3.05) is 36.4 Å². The molecule has 0 spiro atoms. The van der Waals surface area contributed by atoms with Gasteiger partial charge in [0.25, 0.3) is 0 Å². The van der Waals surface area contributed by atoms with E-state index in [1.807, 2.05) is 6.92 Å². The third kappa shape index (κ3) is 2.90. The summed E-state index contributed by atoms with van der Waals surface area (Å²) in [6.45, 7) is 4.89. The molecule has 1 fully saturated rings. The molecule has 0 unspecified atom stereocenters. The van der Waals surface area contributed by atoms with Gasteiger partial charge >= 0.3 is 0 Å². The minimum absolute atomic E-state index is 0.0922. The van der Waals surface area contributed by atoms with Crippen molar-refractivity contribution in [1.29, 1.82) is 0 Å². The smallest absolute Gasteiger partial charge is 0.221 e.